The number of benzene rings is 1. The molecule has 1 unspecified atom stereocenters. The molecule has 0 saturated carbocycles. The Bertz CT molecular complexity index is 1010. The second-order valence-electron chi connectivity index (χ2n) is 8.28. The van der Waals surface area contributed by atoms with Crippen LogP contribution in [0.2, 0.25) is 0 Å². The first kappa shape index (κ1) is 26.9. The summed E-state index contributed by atoms with van der Waals surface area (Å²) in [6, 6.07) is 12.4. The molecule has 180 valence electrons. The zero-order valence-corrected chi connectivity index (χ0v) is 22.3. The normalized spacial score (nSPS) is 13.3. The molecule has 0 fully saturated rings. The molecule has 8 heteroatoms. The summed E-state index contributed by atoms with van der Waals surface area (Å²) >= 11 is 0. The number of aliphatic hydroxyl groups is 1. The second-order valence-corrected chi connectivity index (χ2v) is 8.28. The van der Waals surface area contributed by atoms with Crippen LogP contribution in [0.25, 0.3) is 0 Å². The van der Waals surface area contributed by atoms with Crippen molar-refractivity contribution in [3.05, 3.63) is 77.3 Å². The van der Waals surface area contributed by atoms with E-state index in [0.717, 1.165) is 48.8 Å². The van der Waals surface area contributed by atoms with Gasteiger partial charge in [0.25, 0.3) is 0 Å². The fraction of sp³-hybridized carbons (Fsp3) is 0.440. The lowest BCUT2D eigenvalue weighted by Crippen LogP contribution is -2.44. The monoisotopic (exact) mass is 565 g/mol. The third-order valence-electron chi connectivity index (χ3n) is 5.45. The standard InChI is InChI=1S/C25H35N5O2.HI/c1-5-26-24(29-18-25(4,31)22-16-19(2)32-20(22)3)28-17-23-27-13-15-30(23)14-9-12-21-10-7-6-8-11-21;/h6-8,10-11,13,15-16,31H,5,9,12,14,17-18H2,1-4H3,(H2,26,28,29);1H. The molecule has 0 aliphatic heterocycles. The van der Waals surface area contributed by atoms with Gasteiger partial charge in [0.15, 0.2) is 5.96 Å². The molecule has 1 aromatic carbocycles. The Kier molecular flexibility index (Phi) is 10.4. The van der Waals surface area contributed by atoms with E-state index in [1.54, 1.807) is 6.92 Å². The Morgan fingerprint density at radius 1 is 1.21 bits per heavy atom. The van der Waals surface area contributed by atoms with Crippen molar-refractivity contribution in [2.45, 2.75) is 59.2 Å². The van der Waals surface area contributed by atoms with Crippen molar-refractivity contribution in [2.75, 3.05) is 13.1 Å². The van der Waals surface area contributed by atoms with Gasteiger partial charge in [0.05, 0.1) is 6.54 Å². The number of aliphatic imine (C=N–C) groups is 1. The maximum absolute atomic E-state index is 11.0. The van der Waals surface area contributed by atoms with Gasteiger partial charge in [-0.2, -0.15) is 0 Å². The zero-order chi connectivity index (χ0) is 23.0. The molecule has 2 aromatic heterocycles. The molecule has 3 N–H and O–H groups in total. The average Bonchev–Trinajstić information content (AvgIpc) is 3.36. The quantitative estimate of drug-likeness (QED) is 0.194. The molecule has 1 atom stereocenters. The van der Waals surface area contributed by atoms with E-state index in [1.807, 2.05) is 45.3 Å². The Hall–Kier alpha value is -2.33. The molecule has 0 saturated heterocycles. The van der Waals surface area contributed by atoms with Gasteiger partial charge in [-0.15, -0.1) is 24.0 Å². The molecule has 0 amide bonds. The number of nitrogens with one attached hydrogen (secondary N) is 2. The maximum Gasteiger partial charge on any atom is 0.191 e. The van der Waals surface area contributed by atoms with E-state index in [0.29, 0.717) is 19.0 Å². The van der Waals surface area contributed by atoms with Gasteiger partial charge in [0, 0.05) is 31.0 Å². The molecule has 0 aliphatic rings. The van der Waals surface area contributed by atoms with Crippen molar-refractivity contribution in [3.8, 4) is 0 Å². The van der Waals surface area contributed by atoms with E-state index >= 15 is 0 Å². The first-order valence-electron chi connectivity index (χ1n) is 11.2. The van der Waals surface area contributed by atoms with E-state index in [4.69, 9.17) is 4.42 Å². The van der Waals surface area contributed by atoms with Crippen molar-refractivity contribution in [2.24, 2.45) is 4.99 Å². The van der Waals surface area contributed by atoms with Crippen molar-refractivity contribution in [3.63, 3.8) is 0 Å². The van der Waals surface area contributed by atoms with Crippen molar-refractivity contribution in [1.82, 2.24) is 20.2 Å². The molecule has 33 heavy (non-hydrogen) atoms. The smallest absolute Gasteiger partial charge is 0.191 e. The molecule has 3 rings (SSSR count). The summed E-state index contributed by atoms with van der Waals surface area (Å²) in [6.07, 6.45) is 5.91. The van der Waals surface area contributed by atoms with Gasteiger partial charge in [-0.25, -0.2) is 9.98 Å². The lowest BCUT2D eigenvalue weighted by molar-refractivity contribution is 0.0601. The highest BCUT2D eigenvalue weighted by atomic mass is 127. The molecule has 0 radical (unpaired) electrons. The topological polar surface area (TPSA) is 87.6 Å². The minimum atomic E-state index is -1.08. The largest absolute Gasteiger partial charge is 0.466 e. The molecular weight excluding hydrogens is 529 g/mol. The number of nitrogens with zero attached hydrogens (tertiary/aromatic N) is 3. The second kappa shape index (κ2) is 12.8. The predicted molar refractivity (Wildman–Crippen MR) is 143 cm³/mol. The van der Waals surface area contributed by atoms with Crippen LogP contribution in [0.1, 0.15) is 48.7 Å². The summed E-state index contributed by atoms with van der Waals surface area (Å²) < 4.78 is 7.74. The molecular formula is C25H36IN5O2. The van der Waals surface area contributed by atoms with Crippen LogP contribution in [-0.4, -0.2) is 33.7 Å². The van der Waals surface area contributed by atoms with Gasteiger partial charge in [0.1, 0.15) is 29.5 Å². The van der Waals surface area contributed by atoms with E-state index in [2.05, 4.69) is 49.4 Å². The third kappa shape index (κ3) is 7.89. The van der Waals surface area contributed by atoms with E-state index in [-0.39, 0.29) is 24.0 Å². The third-order valence-corrected chi connectivity index (χ3v) is 5.45. The fourth-order valence-electron chi connectivity index (χ4n) is 3.80. The Labute approximate surface area is 213 Å². The number of furan rings is 1. The Morgan fingerprint density at radius 3 is 2.64 bits per heavy atom. The van der Waals surface area contributed by atoms with Crippen molar-refractivity contribution >= 4 is 29.9 Å². The Morgan fingerprint density at radius 2 is 1.97 bits per heavy atom. The lowest BCUT2D eigenvalue weighted by Gasteiger charge is -2.24. The fourth-order valence-corrected chi connectivity index (χ4v) is 3.80. The van der Waals surface area contributed by atoms with Crippen molar-refractivity contribution < 1.29 is 9.52 Å². The maximum atomic E-state index is 11.0. The highest BCUT2D eigenvalue weighted by Crippen LogP contribution is 2.26. The minimum absolute atomic E-state index is 0. The van der Waals surface area contributed by atoms with Gasteiger partial charge in [0.2, 0.25) is 0 Å². The minimum Gasteiger partial charge on any atom is -0.466 e. The SMILES string of the molecule is CCNC(=NCc1nccn1CCCc1ccccc1)NCC(C)(O)c1cc(C)oc1C.I. The van der Waals surface area contributed by atoms with Crippen LogP contribution in [-0.2, 0) is 25.1 Å². The summed E-state index contributed by atoms with van der Waals surface area (Å²) in [7, 11) is 0. The highest BCUT2D eigenvalue weighted by molar-refractivity contribution is 14.0. The molecule has 0 aliphatic carbocycles. The number of imidazole rings is 1. The summed E-state index contributed by atoms with van der Waals surface area (Å²) in [5, 5.41) is 17.5. The summed E-state index contributed by atoms with van der Waals surface area (Å²) in [5.74, 6) is 3.08. The van der Waals surface area contributed by atoms with Crippen LogP contribution in [0.15, 0.2) is 58.2 Å². The summed E-state index contributed by atoms with van der Waals surface area (Å²) in [6.45, 7) is 9.94. The van der Waals surface area contributed by atoms with Crippen LogP contribution in [0, 0.1) is 13.8 Å². The number of guanidine groups is 1. The predicted octanol–water partition coefficient (Wildman–Crippen LogP) is 4.31. The first-order chi connectivity index (χ1) is 15.4. The van der Waals surface area contributed by atoms with E-state index in [1.165, 1.54) is 5.56 Å². The van der Waals surface area contributed by atoms with Crippen LogP contribution in [0.3, 0.4) is 0 Å². The van der Waals surface area contributed by atoms with Gasteiger partial charge >= 0.3 is 0 Å². The van der Waals surface area contributed by atoms with Crippen LogP contribution in [0.5, 0.6) is 0 Å². The van der Waals surface area contributed by atoms with Crippen LogP contribution >= 0.6 is 24.0 Å². The van der Waals surface area contributed by atoms with Crippen molar-refractivity contribution in [1.29, 1.82) is 0 Å². The Balaban J connectivity index is 0.00000385. The van der Waals surface area contributed by atoms with Gasteiger partial charge < -0.3 is 24.7 Å². The zero-order valence-electron chi connectivity index (χ0n) is 20.0. The molecule has 3 aromatic rings. The van der Waals surface area contributed by atoms with Gasteiger partial charge in [-0.05, 0) is 52.2 Å². The number of hydrogen-bond acceptors (Lipinski definition) is 4. The molecule has 0 bridgehead atoms. The number of rotatable bonds is 10. The first-order valence-corrected chi connectivity index (χ1v) is 11.2. The summed E-state index contributed by atoms with van der Waals surface area (Å²) in [4.78, 5) is 9.17. The molecule has 7 nitrogen and oxygen atoms in total. The molecule has 0 spiro atoms. The van der Waals surface area contributed by atoms with Crippen LogP contribution in [0.4, 0.5) is 0 Å². The molecule has 2 heterocycles. The van der Waals surface area contributed by atoms with Gasteiger partial charge in [-0.1, -0.05) is 30.3 Å². The lowest BCUT2D eigenvalue weighted by atomic mass is 9.96. The number of halogens is 1. The number of aryl methyl sites for hydroxylation is 4. The van der Waals surface area contributed by atoms with Gasteiger partial charge in [-0.3, -0.25) is 0 Å². The van der Waals surface area contributed by atoms with Crippen LogP contribution < -0.4 is 10.6 Å². The number of aromatic nitrogens is 2. The average molecular weight is 566 g/mol. The van der Waals surface area contributed by atoms with E-state index in [9.17, 15) is 5.11 Å². The number of hydrogen-bond donors (Lipinski definition) is 3. The van der Waals surface area contributed by atoms with E-state index < -0.39 is 5.60 Å². The highest BCUT2D eigenvalue weighted by Gasteiger charge is 2.27. The summed E-state index contributed by atoms with van der Waals surface area (Å²) in [5.41, 5.74) is 1.06.